The van der Waals surface area contributed by atoms with Crippen LogP contribution in [0.1, 0.15) is 38.4 Å². The lowest BCUT2D eigenvalue weighted by Gasteiger charge is -1.94. The number of hydrogen-bond acceptors (Lipinski definition) is 4. The molecule has 0 aromatic carbocycles. The molecule has 12 heavy (non-hydrogen) atoms. The Hall–Kier alpha value is -0.640. The quantitative estimate of drug-likeness (QED) is 0.716. The van der Waals surface area contributed by atoms with Crippen LogP contribution in [0.2, 0.25) is 0 Å². The fraction of sp³-hybridized carbons (Fsp3) is 0.750. The Labute approximate surface area is 77.2 Å². The van der Waals surface area contributed by atoms with E-state index in [0.717, 1.165) is 12.2 Å². The molecule has 0 saturated carbocycles. The number of anilines is 1. The lowest BCUT2D eigenvalue weighted by atomic mass is 10.1. The van der Waals surface area contributed by atoms with Crippen LogP contribution in [0.3, 0.4) is 0 Å². The molecule has 1 heterocycles. The summed E-state index contributed by atoms with van der Waals surface area (Å²) < 4.78 is 4.12. The fourth-order valence-corrected chi connectivity index (χ4v) is 1.56. The standard InChI is InChI=1S/C8H15N3S/c1-2-3-4-5-6-7-10-8(9)12-11-7/h2-6H2,1H3,(H2,9,10,11). The largest absolute Gasteiger partial charge is 0.374 e. The van der Waals surface area contributed by atoms with Gasteiger partial charge in [0.1, 0.15) is 5.82 Å². The average molecular weight is 185 g/mol. The molecule has 3 nitrogen and oxygen atoms in total. The minimum absolute atomic E-state index is 0.584. The summed E-state index contributed by atoms with van der Waals surface area (Å²) in [6, 6.07) is 0. The van der Waals surface area contributed by atoms with Gasteiger partial charge in [0.2, 0.25) is 0 Å². The topological polar surface area (TPSA) is 51.8 Å². The van der Waals surface area contributed by atoms with Gasteiger partial charge in [-0.2, -0.15) is 4.37 Å². The number of nitrogens with two attached hydrogens (primary N) is 1. The van der Waals surface area contributed by atoms with E-state index in [1.807, 2.05) is 0 Å². The van der Waals surface area contributed by atoms with Crippen molar-refractivity contribution in [2.75, 3.05) is 5.73 Å². The van der Waals surface area contributed by atoms with Crippen molar-refractivity contribution in [2.24, 2.45) is 0 Å². The van der Waals surface area contributed by atoms with Crippen molar-refractivity contribution in [3.8, 4) is 0 Å². The number of aryl methyl sites for hydroxylation is 1. The van der Waals surface area contributed by atoms with E-state index in [2.05, 4.69) is 16.3 Å². The summed E-state index contributed by atoms with van der Waals surface area (Å²) in [5.74, 6) is 0.911. The number of nitrogen functional groups attached to an aromatic ring is 1. The van der Waals surface area contributed by atoms with Gasteiger partial charge in [0.05, 0.1) is 0 Å². The molecule has 1 aromatic heterocycles. The second-order valence-corrected chi connectivity index (χ2v) is 3.64. The molecule has 0 fully saturated rings. The molecule has 0 aliphatic rings. The molecule has 0 atom stereocenters. The van der Waals surface area contributed by atoms with Crippen molar-refractivity contribution in [2.45, 2.75) is 39.0 Å². The number of unbranched alkanes of at least 4 members (excludes halogenated alkanes) is 3. The molecule has 0 amide bonds. The minimum atomic E-state index is 0.584. The lowest BCUT2D eigenvalue weighted by Crippen LogP contribution is -1.89. The molecular weight excluding hydrogens is 170 g/mol. The summed E-state index contributed by atoms with van der Waals surface area (Å²) >= 11 is 1.28. The van der Waals surface area contributed by atoms with Crippen LogP contribution >= 0.6 is 11.5 Å². The smallest absolute Gasteiger partial charge is 0.199 e. The van der Waals surface area contributed by atoms with Crippen LogP contribution < -0.4 is 5.73 Å². The highest BCUT2D eigenvalue weighted by molar-refractivity contribution is 7.09. The molecule has 0 bridgehead atoms. The number of nitrogens with zero attached hydrogens (tertiary/aromatic N) is 2. The van der Waals surface area contributed by atoms with Crippen molar-refractivity contribution in [1.29, 1.82) is 0 Å². The monoisotopic (exact) mass is 185 g/mol. The maximum atomic E-state index is 5.45. The summed E-state index contributed by atoms with van der Waals surface area (Å²) in [4.78, 5) is 4.09. The highest BCUT2D eigenvalue weighted by atomic mass is 32.1. The molecule has 0 radical (unpaired) electrons. The van der Waals surface area contributed by atoms with Crippen molar-refractivity contribution < 1.29 is 0 Å². The predicted octanol–water partition coefficient (Wildman–Crippen LogP) is 2.24. The van der Waals surface area contributed by atoms with Crippen LogP contribution in [0.15, 0.2) is 0 Å². The normalized spacial score (nSPS) is 10.4. The first-order valence-corrected chi connectivity index (χ1v) is 5.18. The fourth-order valence-electron chi connectivity index (χ4n) is 1.08. The Morgan fingerprint density at radius 2 is 2.17 bits per heavy atom. The Morgan fingerprint density at radius 1 is 1.33 bits per heavy atom. The van der Waals surface area contributed by atoms with E-state index in [0.29, 0.717) is 5.13 Å². The summed E-state index contributed by atoms with van der Waals surface area (Å²) in [5, 5.41) is 0.584. The van der Waals surface area contributed by atoms with Gasteiger partial charge in [0.15, 0.2) is 5.13 Å². The molecule has 0 unspecified atom stereocenters. The van der Waals surface area contributed by atoms with Gasteiger partial charge in [-0.3, -0.25) is 0 Å². The summed E-state index contributed by atoms with van der Waals surface area (Å²) in [5.41, 5.74) is 5.45. The Morgan fingerprint density at radius 3 is 2.75 bits per heavy atom. The Balaban J connectivity index is 2.15. The third-order valence-corrected chi connectivity index (χ3v) is 2.32. The van der Waals surface area contributed by atoms with Crippen LogP contribution in [0.25, 0.3) is 0 Å². The molecule has 0 aliphatic heterocycles. The summed E-state index contributed by atoms with van der Waals surface area (Å²) in [6.07, 6.45) is 6.01. The second kappa shape index (κ2) is 5.09. The SMILES string of the molecule is CCCCCCc1nsc(N)n1. The third kappa shape index (κ3) is 3.17. The minimum Gasteiger partial charge on any atom is -0.374 e. The molecule has 2 N–H and O–H groups in total. The van der Waals surface area contributed by atoms with Gasteiger partial charge in [0, 0.05) is 18.0 Å². The summed E-state index contributed by atoms with van der Waals surface area (Å²) in [6.45, 7) is 2.21. The van der Waals surface area contributed by atoms with Crippen LogP contribution in [0, 0.1) is 0 Å². The van der Waals surface area contributed by atoms with E-state index in [1.165, 1.54) is 37.2 Å². The maximum absolute atomic E-state index is 5.45. The van der Waals surface area contributed by atoms with Gasteiger partial charge in [-0.05, 0) is 6.42 Å². The predicted molar refractivity (Wildman–Crippen MR) is 52.2 cm³/mol. The molecule has 0 spiro atoms. The molecule has 0 aliphatic carbocycles. The molecule has 0 saturated heterocycles. The molecule has 1 rings (SSSR count). The average Bonchev–Trinajstić information content (AvgIpc) is 2.45. The number of hydrogen-bond donors (Lipinski definition) is 1. The van der Waals surface area contributed by atoms with E-state index >= 15 is 0 Å². The van der Waals surface area contributed by atoms with Gasteiger partial charge in [0.25, 0.3) is 0 Å². The van der Waals surface area contributed by atoms with Crippen LogP contribution in [0.5, 0.6) is 0 Å². The zero-order valence-electron chi connectivity index (χ0n) is 7.42. The maximum Gasteiger partial charge on any atom is 0.199 e. The van der Waals surface area contributed by atoms with Gasteiger partial charge in [-0.25, -0.2) is 4.98 Å². The van der Waals surface area contributed by atoms with Crippen LogP contribution in [-0.4, -0.2) is 9.36 Å². The van der Waals surface area contributed by atoms with Gasteiger partial charge in [-0.15, -0.1) is 0 Å². The first kappa shape index (κ1) is 9.45. The van der Waals surface area contributed by atoms with E-state index < -0.39 is 0 Å². The molecule has 1 aromatic rings. The first-order chi connectivity index (χ1) is 5.83. The van der Waals surface area contributed by atoms with Gasteiger partial charge >= 0.3 is 0 Å². The van der Waals surface area contributed by atoms with Crippen molar-refractivity contribution in [3.63, 3.8) is 0 Å². The van der Waals surface area contributed by atoms with Gasteiger partial charge < -0.3 is 5.73 Å². The highest BCUT2D eigenvalue weighted by Gasteiger charge is 1.99. The van der Waals surface area contributed by atoms with E-state index in [1.54, 1.807) is 0 Å². The first-order valence-electron chi connectivity index (χ1n) is 4.41. The van der Waals surface area contributed by atoms with Crippen molar-refractivity contribution in [3.05, 3.63) is 5.82 Å². The molecular formula is C8H15N3S. The molecule has 4 heteroatoms. The van der Waals surface area contributed by atoms with Gasteiger partial charge in [-0.1, -0.05) is 26.2 Å². The van der Waals surface area contributed by atoms with Crippen molar-refractivity contribution >= 4 is 16.7 Å². The highest BCUT2D eigenvalue weighted by Crippen LogP contribution is 2.09. The zero-order valence-corrected chi connectivity index (χ0v) is 8.23. The van der Waals surface area contributed by atoms with E-state index in [-0.39, 0.29) is 0 Å². The van der Waals surface area contributed by atoms with Crippen molar-refractivity contribution in [1.82, 2.24) is 9.36 Å². The van der Waals surface area contributed by atoms with Crippen LogP contribution in [0.4, 0.5) is 5.13 Å². The van der Waals surface area contributed by atoms with Crippen LogP contribution in [-0.2, 0) is 6.42 Å². The number of rotatable bonds is 5. The number of aromatic nitrogens is 2. The van der Waals surface area contributed by atoms with E-state index in [9.17, 15) is 0 Å². The summed E-state index contributed by atoms with van der Waals surface area (Å²) in [7, 11) is 0. The van der Waals surface area contributed by atoms with E-state index in [4.69, 9.17) is 5.73 Å². The lowest BCUT2D eigenvalue weighted by molar-refractivity contribution is 0.656. The third-order valence-electron chi connectivity index (χ3n) is 1.74. The Kier molecular flexibility index (Phi) is 4.00. The molecule has 68 valence electrons. The zero-order chi connectivity index (χ0) is 8.81. The Bertz CT molecular complexity index is 222. The second-order valence-electron chi connectivity index (χ2n) is 2.86.